The Labute approximate surface area is 125 Å². The number of nitrogens with one attached hydrogen (secondary N) is 1. The van der Waals surface area contributed by atoms with Crippen LogP contribution < -0.4 is 0 Å². The van der Waals surface area contributed by atoms with Crippen LogP contribution in [0.4, 0.5) is 0 Å². The molecule has 0 spiro atoms. The van der Waals surface area contributed by atoms with Crippen LogP contribution >= 0.6 is 0 Å². The third-order valence-corrected chi connectivity index (χ3v) is 4.47. The largest absolute Gasteiger partial charge is 0.361 e. The van der Waals surface area contributed by atoms with E-state index in [-0.39, 0.29) is 0 Å². The molecule has 0 bridgehead atoms. The second-order valence-corrected chi connectivity index (χ2v) is 5.92. The zero-order chi connectivity index (χ0) is 14.1. The number of benzene rings is 2. The normalized spacial score (nSPS) is 15.8. The van der Waals surface area contributed by atoms with E-state index in [4.69, 9.17) is 0 Å². The van der Waals surface area contributed by atoms with Crippen molar-refractivity contribution in [2.75, 3.05) is 13.1 Å². The van der Waals surface area contributed by atoms with Gasteiger partial charge in [0.05, 0.1) is 0 Å². The predicted octanol–water partition coefficient (Wildman–Crippen LogP) is 4.43. The lowest BCUT2D eigenvalue weighted by atomic mass is 10.0. The van der Waals surface area contributed by atoms with Gasteiger partial charge in [0, 0.05) is 23.6 Å². The van der Waals surface area contributed by atoms with Gasteiger partial charge in [0.1, 0.15) is 0 Å². The van der Waals surface area contributed by atoms with Crippen molar-refractivity contribution in [2.24, 2.45) is 0 Å². The molecule has 2 nitrogen and oxygen atoms in total. The van der Waals surface area contributed by atoms with Crippen LogP contribution in [0.15, 0.2) is 54.7 Å². The average molecular weight is 276 g/mol. The first-order chi connectivity index (χ1) is 10.4. The molecule has 2 heterocycles. The molecular formula is C19H20N2. The second-order valence-electron chi connectivity index (χ2n) is 5.92. The Morgan fingerprint density at radius 1 is 0.905 bits per heavy atom. The summed E-state index contributed by atoms with van der Waals surface area (Å²) in [5.41, 5.74) is 5.24. The quantitative estimate of drug-likeness (QED) is 0.749. The highest BCUT2D eigenvalue weighted by molar-refractivity contribution is 5.88. The minimum absolute atomic E-state index is 1.07. The van der Waals surface area contributed by atoms with Crippen molar-refractivity contribution < 1.29 is 0 Å². The summed E-state index contributed by atoms with van der Waals surface area (Å²) in [4.78, 5) is 5.97. The van der Waals surface area contributed by atoms with E-state index in [1.807, 2.05) is 0 Å². The molecule has 0 radical (unpaired) electrons. The van der Waals surface area contributed by atoms with Gasteiger partial charge in [-0.15, -0.1) is 0 Å². The molecule has 1 aliphatic heterocycles. The van der Waals surface area contributed by atoms with Gasteiger partial charge >= 0.3 is 0 Å². The molecule has 21 heavy (non-hydrogen) atoms. The molecule has 0 saturated carbocycles. The van der Waals surface area contributed by atoms with E-state index in [0.717, 1.165) is 6.54 Å². The van der Waals surface area contributed by atoms with Crippen LogP contribution in [-0.4, -0.2) is 23.0 Å². The summed E-state index contributed by atoms with van der Waals surface area (Å²) in [6, 6.07) is 17.3. The molecule has 1 aliphatic rings. The van der Waals surface area contributed by atoms with E-state index >= 15 is 0 Å². The number of hydrogen-bond donors (Lipinski definition) is 1. The van der Waals surface area contributed by atoms with Crippen LogP contribution in [0.2, 0.25) is 0 Å². The highest BCUT2D eigenvalue weighted by Crippen LogP contribution is 2.27. The minimum atomic E-state index is 1.07. The Morgan fingerprint density at radius 3 is 2.52 bits per heavy atom. The topological polar surface area (TPSA) is 19.0 Å². The van der Waals surface area contributed by atoms with Gasteiger partial charge in [-0.3, -0.25) is 4.90 Å². The maximum Gasteiger partial charge on any atom is 0.0457 e. The maximum atomic E-state index is 3.41. The Bertz CT molecular complexity index is 737. The van der Waals surface area contributed by atoms with Gasteiger partial charge in [-0.05, 0) is 54.8 Å². The van der Waals surface area contributed by atoms with Crippen LogP contribution in [0.5, 0.6) is 0 Å². The monoisotopic (exact) mass is 276 g/mol. The molecule has 2 aromatic carbocycles. The Balaban J connectivity index is 1.72. The first kappa shape index (κ1) is 12.7. The number of hydrogen-bond acceptors (Lipinski definition) is 1. The number of aromatic nitrogens is 1. The Kier molecular flexibility index (Phi) is 3.24. The van der Waals surface area contributed by atoms with Gasteiger partial charge in [-0.25, -0.2) is 0 Å². The van der Waals surface area contributed by atoms with E-state index < -0.39 is 0 Å². The number of likely N-dealkylation sites (tertiary alicyclic amines) is 1. The Morgan fingerprint density at radius 2 is 1.71 bits per heavy atom. The SMILES string of the molecule is c1ccc(-c2ccc3[nH]cc(CN4CCCC4)c3c2)cc1. The molecule has 106 valence electrons. The van der Waals surface area contributed by atoms with E-state index in [9.17, 15) is 0 Å². The summed E-state index contributed by atoms with van der Waals surface area (Å²) in [6.07, 6.45) is 4.87. The van der Waals surface area contributed by atoms with Crippen LogP contribution in [-0.2, 0) is 6.54 Å². The fourth-order valence-corrected chi connectivity index (χ4v) is 3.30. The molecule has 1 N–H and O–H groups in total. The van der Waals surface area contributed by atoms with Crippen molar-refractivity contribution >= 4 is 10.9 Å². The van der Waals surface area contributed by atoms with Gasteiger partial charge < -0.3 is 4.98 Å². The zero-order valence-corrected chi connectivity index (χ0v) is 12.2. The number of aromatic amines is 1. The zero-order valence-electron chi connectivity index (χ0n) is 12.2. The third-order valence-electron chi connectivity index (χ3n) is 4.47. The highest BCUT2D eigenvalue weighted by Gasteiger charge is 2.14. The predicted molar refractivity (Wildman–Crippen MR) is 88.2 cm³/mol. The highest BCUT2D eigenvalue weighted by atomic mass is 15.1. The van der Waals surface area contributed by atoms with E-state index in [0.29, 0.717) is 0 Å². The summed E-state index contributed by atoms with van der Waals surface area (Å²) in [6.45, 7) is 3.55. The smallest absolute Gasteiger partial charge is 0.0457 e. The molecule has 3 aromatic rings. The molecule has 0 aliphatic carbocycles. The molecule has 0 unspecified atom stereocenters. The third kappa shape index (κ3) is 2.47. The van der Waals surface area contributed by atoms with E-state index in [2.05, 4.69) is 64.6 Å². The van der Waals surface area contributed by atoms with Crippen molar-refractivity contribution in [1.82, 2.24) is 9.88 Å². The summed E-state index contributed by atoms with van der Waals surface area (Å²) in [5, 5.41) is 1.36. The van der Waals surface area contributed by atoms with Crippen LogP contribution in [0.3, 0.4) is 0 Å². The lowest BCUT2D eigenvalue weighted by molar-refractivity contribution is 0.332. The molecule has 2 heteroatoms. The molecule has 0 atom stereocenters. The number of H-pyrrole nitrogens is 1. The maximum absolute atomic E-state index is 3.41. The fraction of sp³-hybridized carbons (Fsp3) is 0.263. The van der Waals surface area contributed by atoms with E-state index in [1.165, 1.54) is 53.5 Å². The molecule has 1 saturated heterocycles. The lowest BCUT2D eigenvalue weighted by Crippen LogP contribution is -2.17. The summed E-state index contributed by atoms with van der Waals surface area (Å²) in [5.74, 6) is 0. The Hall–Kier alpha value is -2.06. The van der Waals surface area contributed by atoms with Gasteiger partial charge in [-0.1, -0.05) is 36.4 Å². The first-order valence-corrected chi connectivity index (χ1v) is 7.78. The lowest BCUT2D eigenvalue weighted by Gasteiger charge is -2.13. The summed E-state index contributed by atoms with van der Waals surface area (Å²) >= 11 is 0. The van der Waals surface area contributed by atoms with Crippen molar-refractivity contribution in [3.05, 3.63) is 60.3 Å². The van der Waals surface area contributed by atoms with Crippen LogP contribution in [0.25, 0.3) is 22.0 Å². The number of rotatable bonds is 3. The summed E-state index contributed by atoms with van der Waals surface area (Å²) in [7, 11) is 0. The molecule has 1 fully saturated rings. The first-order valence-electron chi connectivity index (χ1n) is 7.78. The van der Waals surface area contributed by atoms with Crippen LogP contribution in [0.1, 0.15) is 18.4 Å². The number of fused-ring (bicyclic) bond motifs is 1. The summed E-state index contributed by atoms with van der Waals surface area (Å²) < 4.78 is 0. The molecule has 4 rings (SSSR count). The fourth-order valence-electron chi connectivity index (χ4n) is 3.30. The molecule has 0 amide bonds. The van der Waals surface area contributed by atoms with Gasteiger partial charge in [0.2, 0.25) is 0 Å². The standard InChI is InChI=1S/C19H20N2/c1-2-6-15(7-3-1)16-8-9-19-18(12-16)17(13-20-19)14-21-10-4-5-11-21/h1-3,6-9,12-13,20H,4-5,10-11,14H2. The van der Waals surface area contributed by atoms with Crippen molar-refractivity contribution in [3.8, 4) is 11.1 Å². The van der Waals surface area contributed by atoms with Crippen molar-refractivity contribution in [2.45, 2.75) is 19.4 Å². The molecular weight excluding hydrogens is 256 g/mol. The second kappa shape index (κ2) is 5.38. The van der Waals surface area contributed by atoms with Crippen molar-refractivity contribution in [1.29, 1.82) is 0 Å². The van der Waals surface area contributed by atoms with Gasteiger partial charge in [-0.2, -0.15) is 0 Å². The molecule has 1 aromatic heterocycles. The van der Waals surface area contributed by atoms with Gasteiger partial charge in [0.15, 0.2) is 0 Å². The number of nitrogens with zero attached hydrogens (tertiary/aromatic N) is 1. The van der Waals surface area contributed by atoms with Crippen molar-refractivity contribution in [3.63, 3.8) is 0 Å². The van der Waals surface area contributed by atoms with Crippen LogP contribution in [0, 0.1) is 0 Å². The van der Waals surface area contributed by atoms with Gasteiger partial charge in [0.25, 0.3) is 0 Å². The van der Waals surface area contributed by atoms with E-state index in [1.54, 1.807) is 0 Å². The minimum Gasteiger partial charge on any atom is -0.361 e. The average Bonchev–Trinajstić information content (AvgIpc) is 3.19.